The topological polar surface area (TPSA) is 320 Å². The number of carbonyl (C=O) groups is 9. The maximum atomic E-state index is 14.6. The summed E-state index contributed by atoms with van der Waals surface area (Å²) >= 11 is 0. The molecule has 9 amide bonds. The first kappa shape index (κ1) is 52.5. The molecule has 3 saturated heterocycles. The Labute approximate surface area is 411 Å². The van der Waals surface area contributed by atoms with Gasteiger partial charge in [0.1, 0.15) is 48.3 Å². The van der Waals surface area contributed by atoms with Gasteiger partial charge in [-0.3, -0.25) is 48.6 Å². The number of amides is 9. The number of carbonyl (C=O) groups excluding carboxylic acids is 9. The van der Waals surface area contributed by atoms with Gasteiger partial charge in [-0.05, 0) is 62.1 Å². The fourth-order valence-electron chi connectivity index (χ4n) is 9.12. The molecule has 12 N–H and O–H groups in total. The van der Waals surface area contributed by atoms with Crippen LogP contribution in [0.4, 0.5) is 0 Å². The fourth-order valence-corrected chi connectivity index (χ4v) is 9.12. The van der Waals surface area contributed by atoms with Gasteiger partial charge in [0.05, 0.1) is 6.42 Å². The average Bonchev–Trinajstić information content (AvgIpc) is 4.06. The molecular formula is C50H64N12O9. The molecule has 0 bridgehead atoms. The van der Waals surface area contributed by atoms with Crippen molar-refractivity contribution < 1.29 is 43.2 Å². The van der Waals surface area contributed by atoms with Gasteiger partial charge in [0.2, 0.25) is 53.2 Å². The van der Waals surface area contributed by atoms with Crippen LogP contribution in [-0.4, -0.2) is 137 Å². The Morgan fingerprint density at radius 1 is 0.549 bits per heavy atom. The summed E-state index contributed by atoms with van der Waals surface area (Å²) in [5.74, 6) is -7.10. The summed E-state index contributed by atoms with van der Waals surface area (Å²) in [6.07, 6.45) is 0.854. The van der Waals surface area contributed by atoms with E-state index >= 15 is 0 Å². The zero-order chi connectivity index (χ0) is 51.0. The lowest BCUT2D eigenvalue weighted by atomic mass is 10.0. The third kappa shape index (κ3) is 14.8. The molecule has 71 heavy (non-hydrogen) atoms. The second-order valence-corrected chi connectivity index (χ2v) is 18.1. The molecule has 0 unspecified atom stereocenters. The van der Waals surface area contributed by atoms with E-state index in [1.165, 1.54) is 16.7 Å². The molecule has 21 heteroatoms. The van der Waals surface area contributed by atoms with Crippen molar-refractivity contribution in [3.8, 4) is 0 Å². The van der Waals surface area contributed by atoms with E-state index in [2.05, 4.69) is 37.2 Å². The molecule has 6 rings (SSSR count). The lowest BCUT2D eigenvalue weighted by molar-refractivity contribution is -0.148. The Hall–Kier alpha value is -7.84. The molecule has 0 spiro atoms. The highest BCUT2D eigenvalue weighted by Crippen LogP contribution is 2.26. The van der Waals surface area contributed by atoms with Crippen LogP contribution >= 0.6 is 0 Å². The molecule has 3 aromatic rings. The number of nitrogens with two attached hydrogens (primary N) is 2. The zero-order valence-corrected chi connectivity index (χ0v) is 39.7. The first-order valence-corrected chi connectivity index (χ1v) is 24.0. The van der Waals surface area contributed by atoms with Crippen LogP contribution in [0.1, 0.15) is 68.6 Å². The van der Waals surface area contributed by atoms with E-state index in [9.17, 15) is 43.2 Å². The van der Waals surface area contributed by atoms with Gasteiger partial charge in [-0.25, -0.2) is 0 Å². The van der Waals surface area contributed by atoms with Crippen molar-refractivity contribution in [3.05, 3.63) is 108 Å². The van der Waals surface area contributed by atoms with Crippen molar-refractivity contribution >= 4 is 59.1 Å². The zero-order valence-electron chi connectivity index (χ0n) is 39.7. The number of benzene rings is 3. The average molecular weight is 977 g/mol. The highest BCUT2D eigenvalue weighted by Gasteiger charge is 2.44. The van der Waals surface area contributed by atoms with Crippen molar-refractivity contribution in [1.29, 1.82) is 5.41 Å². The SMILES string of the molecule is C[C@@H]1NC(=O)[C@H](CC(N)=O)NC(=O)[C@@H](Cc2ccccc2)NC(=O)[C@H](Cc2ccccc2)NC(=O)[C@@H](CCCNC(=N)N)NC(=O)[C@@H]2CCCN2C(=O)[C@H]2CCCN2C(=O)[C@H](Cc2ccccc2)NC1=O. The predicted octanol–water partition coefficient (Wildman–Crippen LogP) is -1.22. The Morgan fingerprint density at radius 2 is 0.972 bits per heavy atom. The Bertz CT molecular complexity index is 2410. The summed E-state index contributed by atoms with van der Waals surface area (Å²) in [7, 11) is 0. The van der Waals surface area contributed by atoms with Crippen LogP contribution in [0, 0.1) is 5.41 Å². The smallest absolute Gasteiger partial charge is 0.246 e. The first-order valence-electron chi connectivity index (χ1n) is 24.0. The van der Waals surface area contributed by atoms with E-state index in [0.717, 1.165) is 0 Å². The number of fused-ring (bicyclic) bond motifs is 2. The van der Waals surface area contributed by atoms with Gasteiger partial charge in [-0.1, -0.05) is 91.0 Å². The van der Waals surface area contributed by atoms with Crippen molar-refractivity contribution in [2.75, 3.05) is 19.6 Å². The molecule has 8 atom stereocenters. The lowest BCUT2D eigenvalue weighted by Crippen LogP contribution is -2.61. The highest BCUT2D eigenvalue weighted by molar-refractivity contribution is 6.00. The largest absolute Gasteiger partial charge is 0.370 e. The van der Waals surface area contributed by atoms with Crippen LogP contribution in [0.5, 0.6) is 0 Å². The molecule has 0 radical (unpaired) electrons. The summed E-state index contributed by atoms with van der Waals surface area (Å²) in [6, 6.07) is 16.1. The van der Waals surface area contributed by atoms with Crippen LogP contribution in [0.2, 0.25) is 0 Å². The second kappa shape index (κ2) is 25.1. The van der Waals surface area contributed by atoms with Gasteiger partial charge < -0.3 is 58.5 Å². The molecule has 3 aliphatic rings. The minimum atomic E-state index is -1.63. The monoisotopic (exact) mass is 976 g/mol. The van der Waals surface area contributed by atoms with E-state index < -0.39 is 108 Å². The number of rotatable bonds is 12. The maximum Gasteiger partial charge on any atom is 0.246 e. The van der Waals surface area contributed by atoms with E-state index in [1.807, 2.05) is 0 Å². The molecule has 3 heterocycles. The van der Waals surface area contributed by atoms with E-state index in [1.54, 1.807) is 91.0 Å². The van der Waals surface area contributed by atoms with E-state index in [-0.39, 0.29) is 70.5 Å². The van der Waals surface area contributed by atoms with Crippen molar-refractivity contribution in [2.24, 2.45) is 11.5 Å². The van der Waals surface area contributed by atoms with Gasteiger partial charge in [-0.15, -0.1) is 0 Å². The molecular weight excluding hydrogens is 913 g/mol. The Morgan fingerprint density at radius 3 is 1.48 bits per heavy atom. The van der Waals surface area contributed by atoms with Gasteiger partial charge in [0.15, 0.2) is 5.96 Å². The van der Waals surface area contributed by atoms with Crippen molar-refractivity contribution in [3.63, 3.8) is 0 Å². The van der Waals surface area contributed by atoms with Crippen LogP contribution in [0.25, 0.3) is 0 Å². The molecule has 378 valence electrons. The highest BCUT2D eigenvalue weighted by atomic mass is 16.2. The molecule has 0 saturated carbocycles. The summed E-state index contributed by atoms with van der Waals surface area (Å²) in [5.41, 5.74) is 13.0. The Kier molecular flexibility index (Phi) is 18.6. The predicted molar refractivity (Wildman–Crippen MR) is 260 cm³/mol. The minimum absolute atomic E-state index is 0.0125. The van der Waals surface area contributed by atoms with Gasteiger partial charge in [0, 0.05) is 38.9 Å². The number of hydrogen-bond donors (Lipinski definition) is 10. The summed E-state index contributed by atoms with van der Waals surface area (Å²) < 4.78 is 0. The third-order valence-corrected chi connectivity index (χ3v) is 12.8. The van der Waals surface area contributed by atoms with Crippen molar-refractivity contribution in [1.82, 2.24) is 47.0 Å². The normalized spacial score (nSPS) is 25.3. The van der Waals surface area contributed by atoms with Crippen LogP contribution in [0.3, 0.4) is 0 Å². The maximum absolute atomic E-state index is 14.6. The number of nitrogens with one attached hydrogen (secondary N) is 8. The summed E-state index contributed by atoms with van der Waals surface area (Å²) in [4.78, 5) is 130. The summed E-state index contributed by atoms with van der Waals surface area (Å²) in [5, 5.41) is 26.4. The van der Waals surface area contributed by atoms with Crippen LogP contribution in [0.15, 0.2) is 91.0 Å². The first-order chi connectivity index (χ1) is 34.1. The number of nitrogens with zero attached hydrogens (tertiary/aromatic N) is 2. The van der Waals surface area contributed by atoms with E-state index in [4.69, 9.17) is 16.9 Å². The second-order valence-electron chi connectivity index (χ2n) is 18.1. The Balaban J connectivity index is 1.39. The molecule has 0 aliphatic carbocycles. The number of hydrogen-bond acceptors (Lipinski definition) is 10. The third-order valence-electron chi connectivity index (χ3n) is 12.8. The minimum Gasteiger partial charge on any atom is -0.370 e. The van der Waals surface area contributed by atoms with E-state index in [0.29, 0.717) is 29.5 Å². The standard InChI is InChI=1S/C50H64N12O9/c1-30-42(64)60-38(28-33-18-9-4-10-19-33)48(70)62-25-13-22-40(62)49(71)61-24-12-21-39(61)47(69)56-34(20-11-23-54-50(52)53)43(65)57-35(26-31-14-5-2-6-15-31)45(67)58-36(27-32-16-7-3-8-17-32)46(68)59-37(29-41(51)63)44(66)55-30/h2-10,14-19,30,34-40H,11-13,20-29H2,1H3,(H2,51,63)(H,55,66)(H,56,69)(H,57,65)(H,58,67)(H,59,68)(H,60,64)(H4,52,53,54)/t30-,34+,35-,36+,37-,38-,39-,40+/m0/s1. The molecule has 3 aromatic carbocycles. The van der Waals surface area contributed by atoms with Crippen molar-refractivity contribution in [2.45, 2.75) is 119 Å². The van der Waals surface area contributed by atoms with Gasteiger partial charge in [0.25, 0.3) is 0 Å². The molecule has 3 fully saturated rings. The number of guanidine groups is 1. The quantitative estimate of drug-likeness (QED) is 0.0583. The molecule has 3 aliphatic heterocycles. The van der Waals surface area contributed by atoms with Gasteiger partial charge >= 0.3 is 0 Å². The lowest BCUT2D eigenvalue weighted by Gasteiger charge is -2.34. The molecule has 21 nitrogen and oxygen atoms in total. The molecule has 0 aromatic heterocycles. The fraction of sp³-hybridized carbons (Fsp3) is 0.440. The summed E-state index contributed by atoms with van der Waals surface area (Å²) in [6.45, 7) is 1.90. The van der Waals surface area contributed by atoms with Crippen LogP contribution in [-0.2, 0) is 62.4 Å². The van der Waals surface area contributed by atoms with Gasteiger partial charge in [-0.2, -0.15) is 0 Å². The number of primary amides is 1. The van der Waals surface area contributed by atoms with Crippen LogP contribution < -0.4 is 48.7 Å².